The van der Waals surface area contributed by atoms with Crippen LogP contribution < -0.4 is 5.32 Å². The largest absolute Gasteiger partial charge is 0.354 e. The Hall–Kier alpha value is -2.18. The van der Waals surface area contributed by atoms with Crippen molar-refractivity contribution in [2.24, 2.45) is 0 Å². The average molecular weight is 394 g/mol. The molecule has 0 aliphatic carbocycles. The highest BCUT2D eigenvalue weighted by Crippen LogP contribution is 2.43. The molecule has 1 aliphatic heterocycles. The molecule has 5 rings (SSSR count). The topological polar surface area (TPSA) is 58.0 Å². The molecule has 0 bridgehead atoms. The Labute approximate surface area is 169 Å². The number of nitrogens with zero attached hydrogens (tertiary/aromatic N) is 3. The van der Waals surface area contributed by atoms with Gasteiger partial charge in [-0.05, 0) is 74.4 Å². The minimum Gasteiger partial charge on any atom is -0.354 e. The molecule has 146 valence electrons. The molecule has 5 heterocycles. The molecule has 1 atom stereocenters. The lowest BCUT2D eigenvalue weighted by Crippen LogP contribution is -2.13. The summed E-state index contributed by atoms with van der Waals surface area (Å²) in [7, 11) is 0. The van der Waals surface area contributed by atoms with E-state index in [2.05, 4.69) is 59.5 Å². The van der Waals surface area contributed by atoms with Crippen molar-refractivity contribution in [3.05, 3.63) is 40.7 Å². The first-order chi connectivity index (χ1) is 13.6. The third-order valence-corrected chi connectivity index (χ3v) is 7.26. The Balaban J connectivity index is 1.62. The SMILES string of the molecule is Cc1cc(-c2[nH]c3cc(C4CCCNCC4)sc3c2C(C)C)cn2ncnc12. The van der Waals surface area contributed by atoms with E-state index >= 15 is 0 Å². The third-order valence-electron chi connectivity index (χ3n) is 5.93. The molecule has 1 unspecified atom stereocenters. The van der Waals surface area contributed by atoms with Gasteiger partial charge in [0.05, 0.1) is 15.9 Å². The number of fused-ring (bicyclic) bond motifs is 2. The second-order valence-corrected chi connectivity index (χ2v) is 9.36. The van der Waals surface area contributed by atoms with Gasteiger partial charge in [0.15, 0.2) is 5.65 Å². The summed E-state index contributed by atoms with van der Waals surface area (Å²) in [4.78, 5) is 9.65. The Bertz CT molecular complexity index is 1120. The summed E-state index contributed by atoms with van der Waals surface area (Å²) in [6, 6.07) is 4.63. The molecule has 6 heteroatoms. The maximum Gasteiger partial charge on any atom is 0.158 e. The summed E-state index contributed by atoms with van der Waals surface area (Å²) in [5.74, 6) is 1.15. The molecule has 0 spiro atoms. The molecule has 2 N–H and O–H groups in total. The van der Waals surface area contributed by atoms with E-state index in [0.29, 0.717) is 11.8 Å². The third kappa shape index (κ3) is 2.95. The first-order valence-corrected chi connectivity index (χ1v) is 11.1. The number of pyridine rings is 1. The van der Waals surface area contributed by atoms with Gasteiger partial charge in [0, 0.05) is 16.6 Å². The van der Waals surface area contributed by atoms with Gasteiger partial charge in [-0.25, -0.2) is 9.50 Å². The molecule has 0 amide bonds. The summed E-state index contributed by atoms with van der Waals surface area (Å²) in [6.07, 6.45) is 7.53. The molecular formula is C22H27N5S. The van der Waals surface area contributed by atoms with Crippen LogP contribution in [0.25, 0.3) is 27.1 Å². The number of aryl methyl sites for hydroxylation is 1. The minimum absolute atomic E-state index is 0.456. The summed E-state index contributed by atoms with van der Waals surface area (Å²) < 4.78 is 3.31. The van der Waals surface area contributed by atoms with Crippen LogP contribution in [0, 0.1) is 6.92 Å². The van der Waals surface area contributed by atoms with Crippen molar-refractivity contribution >= 4 is 27.2 Å². The highest BCUT2D eigenvalue weighted by atomic mass is 32.1. The van der Waals surface area contributed by atoms with Gasteiger partial charge in [0.1, 0.15) is 6.33 Å². The van der Waals surface area contributed by atoms with Crippen molar-refractivity contribution in [3.63, 3.8) is 0 Å². The summed E-state index contributed by atoms with van der Waals surface area (Å²) in [5.41, 5.74) is 7.19. The number of rotatable bonds is 3. The predicted molar refractivity (Wildman–Crippen MR) is 116 cm³/mol. The molecule has 0 aromatic carbocycles. The van der Waals surface area contributed by atoms with E-state index in [1.165, 1.54) is 46.3 Å². The van der Waals surface area contributed by atoms with Crippen molar-refractivity contribution in [1.29, 1.82) is 0 Å². The Morgan fingerprint density at radius 3 is 2.96 bits per heavy atom. The molecule has 1 fully saturated rings. The first kappa shape index (κ1) is 17.9. The zero-order valence-electron chi connectivity index (χ0n) is 16.7. The standard InChI is InChI=1S/C22H27N5S/c1-13(2)19-20(16-9-14(3)22-24-12-25-27(22)11-16)26-17-10-18(28-21(17)19)15-5-4-7-23-8-6-15/h9-13,15,23,26H,4-8H2,1-3H3. The molecule has 1 saturated heterocycles. The second kappa shape index (κ2) is 7.01. The first-order valence-electron chi connectivity index (χ1n) is 10.3. The van der Waals surface area contributed by atoms with Gasteiger partial charge in [0.25, 0.3) is 0 Å². The lowest BCUT2D eigenvalue weighted by molar-refractivity contribution is 0.619. The number of hydrogen-bond donors (Lipinski definition) is 2. The van der Waals surface area contributed by atoms with E-state index in [1.807, 2.05) is 15.9 Å². The number of aromatic amines is 1. The molecule has 28 heavy (non-hydrogen) atoms. The number of nitrogens with one attached hydrogen (secondary N) is 2. The zero-order chi connectivity index (χ0) is 19.3. The average Bonchev–Trinajstić information content (AvgIpc) is 3.30. The van der Waals surface area contributed by atoms with E-state index in [0.717, 1.165) is 24.3 Å². The number of hydrogen-bond acceptors (Lipinski definition) is 4. The smallest absolute Gasteiger partial charge is 0.158 e. The maximum absolute atomic E-state index is 4.35. The number of H-pyrrole nitrogens is 1. The highest BCUT2D eigenvalue weighted by Gasteiger charge is 2.23. The summed E-state index contributed by atoms with van der Waals surface area (Å²) in [6.45, 7) is 8.98. The number of thiophene rings is 1. The molecular weight excluding hydrogens is 366 g/mol. The molecule has 4 aromatic rings. The molecule has 0 saturated carbocycles. The Morgan fingerprint density at radius 1 is 1.21 bits per heavy atom. The van der Waals surface area contributed by atoms with Gasteiger partial charge in [-0.1, -0.05) is 13.8 Å². The summed E-state index contributed by atoms with van der Waals surface area (Å²) >= 11 is 2.00. The van der Waals surface area contributed by atoms with Crippen molar-refractivity contribution in [2.45, 2.75) is 51.9 Å². The molecule has 0 radical (unpaired) electrons. The van der Waals surface area contributed by atoms with Crippen molar-refractivity contribution < 1.29 is 0 Å². The molecule has 1 aliphatic rings. The number of aromatic nitrogens is 4. The van der Waals surface area contributed by atoms with Crippen LogP contribution in [0.3, 0.4) is 0 Å². The van der Waals surface area contributed by atoms with E-state index in [1.54, 1.807) is 11.2 Å². The molecule has 5 nitrogen and oxygen atoms in total. The monoisotopic (exact) mass is 393 g/mol. The van der Waals surface area contributed by atoms with Gasteiger partial charge in [-0.15, -0.1) is 11.3 Å². The second-order valence-electron chi connectivity index (χ2n) is 8.28. The fraction of sp³-hybridized carbons (Fsp3) is 0.455. The van der Waals surface area contributed by atoms with Gasteiger partial charge in [0.2, 0.25) is 0 Å². The Kier molecular flexibility index (Phi) is 4.48. The van der Waals surface area contributed by atoms with Crippen molar-refractivity contribution in [1.82, 2.24) is 24.9 Å². The van der Waals surface area contributed by atoms with Crippen LogP contribution in [0.1, 0.15) is 60.9 Å². The normalized spacial score (nSPS) is 18.4. The van der Waals surface area contributed by atoms with Crippen LogP contribution in [-0.4, -0.2) is 32.7 Å². The maximum atomic E-state index is 4.35. The van der Waals surface area contributed by atoms with Gasteiger partial charge < -0.3 is 10.3 Å². The van der Waals surface area contributed by atoms with Crippen LogP contribution in [0.5, 0.6) is 0 Å². The van der Waals surface area contributed by atoms with E-state index in [9.17, 15) is 0 Å². The van der Waals surface area contributed by atoms with Crippen LogP contribution in [0.4, 0.5) is 0 Å². The predicted octanol–water partition coefficient (Wildman–Crippen LogP) is 5.23. The van der Waals surface area contributed by atoms with Crippen LogP contribution >= 0.6 is 11.3 Å². The fourth-order valence-electron chi connectivity index (χ4n) is 4.53. The van der Waals surface area contributed by atoms with Crippen LogP contribution in [-0.2, 0) is 0 Å². The summed E-state index contributed by atoms with van der Waals surface area (Å²) in [5, 5.41) is 7.89. The highest BCUT2D eigenvalue weighted by molar-refractivity contribution is 7.19. The van der Waals surface area contributed by atoms with Gasteiger partial charge in [-0.3, -0.25) is 0 Å². The van der Waals surface area contributed by atoms with Crippen LogP contribution in [0.15, 0.2) is 24.7 Å². The van der Waals surface area contributed by atoms with E-state index < -0.39 is 0 Å². The lowest BCUT2D eigenvalue weighted by Gasteiger charge is -2.12. The minimum atomic E-state index is 0.456. The van der Waals surface area contributed by atoms with Gasteiger partial charge >= 0.3 is 0 Å². The quantitative estimate of drug-likeness (QED) is 0.501. The van der Waals surface area contributed by atoms with E-state index in [-0.39, 0.29) is 0 Å². The molecule has 4 aromatic heterocycles. The fourth-order valence-corrected chi connectivity index (χ4v) is 6.01. The van der Waals surface area contributed by atoms with Crippen LogP contribution in [0.2, 0.25) is 0 Å². The zero-order valence-corrected chi connectivity index (χ0v) is 17.6. The van der Waals surface area contributed by atoms with E-state index in [4.69, 9.17) is 0 Å². The van der Waals surface area contributed by atoms with Crippen molar-refractivity contribution in [3.8, 4) is 11.3 Å². The Morgan fingerprint density at radius 2 is 2.11 bits per heavy atom. The van der Waals surface area contributed by atoms with Gasteiger partial charge in [-0.2, -0.15) is 5.10 Å². The van der Waals surface area contributed by atoms with Crippen molar-refractivity contribution in [2.75, 3.05) is 13.1 Å². The lowest BCUT2D eigenvalue weighted by atomic mass is 9.98.